The third-order valence-corrected chi connectivity index (χ3v) is 5.70. The van der Waals surface area contributed by atoms with Crippen LogP contribution in [0.3, 0.4) is 0 Å². The number of carbonyl (C=O) groups excluding carboxylic acids is 1. The number of carbonyl (C=O) groups is 1. The number of thioether (sulfide) groups is 1. The summed E-state index contributed by atoms with van der Waals surface area (Å²) in [7, 11) is 0. The van der Waals surface area contributed by atoms with Gasteiger partial charge in [-0.1, -0.05) is 63.0 Å². The third kappa shape index (κ3) is 6.48. The largest absolute Gasteiger partial charge is 0.490 e. The maximum Gasteiger partial charge on any atom is 0.263 e. The fraction of sp³-hybridized carbons (Fsp3) is 0.333. The molecule has 0 atom stereocenters. The molecule has 1 saturated heterocycles. The maximum absolute atomic E-state index is 11.9. The van der Waals surface area contributed by atoms with Gasteiger partial charge in [-0.3, -0.25) is 4.79 Å². The highest BCUT2D eigenvalue weighted by Crippen LogP contribution is 2.32. The Morgan fingerprint density at radius 3 is 2.32 bits per heavy atom. The number of thiocarbonyl (C=S) groups is 1. The fourth-order valence-electron chi connectivity index (χ4n) is 2.94. The Hall–Kier alpha value is -2.51. The van der Waals surface area contributed by atoms with Crippen molar-refractivity contribution in [1.82, 2.24) is 5.32 Å². The van der Waals surface area contributed by atoms with Crippen LogP contribution in [0.15, 0.2) is 47.4 Å². The van der Waals surface area contributed by atoms with Crippen LogP contribution in [0.1, 0.15) is 38.8 Å². The molecule has 1 aliphatic heterocycles. The summed E-state index contributed by atoms with van der Waals surface area (Å²) in [5, 5.41) is 2.61. The Bertz CT molecular complexity index is 978. The van der Waals surface area contributed by atoms with Crippen molar-refractivity contribution in [2.24, 2.45) is 0 Å². The SMILES string of the molecule is CCOc1cc(/C=C2\SC(=S)NC2=O)ccc1OCCOc1ccc(C(C)(C)C)cc1. The first-order valence-corrected chi connectivity index (χ1v) is 11.4. The van der Waals surface area contributed by atoms with E-state index in [0.717, 1.165) is 11.3 Å². The van der Waals surface area contributed by atoms with Gasteiger partial charge in [0.2, 0.25) is 0 Å². The Morgan fingerprint density at radius 2 is 1.71 bits per heavy atom. The van der Waals surface area contributed by atoms with Gasteiger partial charge in [0.1, 0.15) is 23.3 Å². The topological polar surface area (TPSA) is 56.8 Å². The minimum atomic E-state index is -0.180. The van der Waals surface area contributed by atoms with Gasteiger partial charge < -0.3 is 19.5 Å². The summed E-state index contributed by atoms with van der Waals surface area (Å²) < 4.78 is 17.9. The van der Waals surface area contributed by atoms with E-state index < -0.39 is 0 Å². The predicted octanol–water partition coefficient (Wildman–Crippen LogP) is 5.33. The van der Waals surface area contributed by atoms with Gasteiger partial charge in [0.15, 0.2) is 11.5 Å². The predicted molar refractivity (Wildman–Crippen MR) is 130 cm³/mol. The van der Waals surface area contributed by atoms with Crippen molar-refractivity contribution >= 4 is 40.3 Å². The molecule has 0 aromatic heterocycles. The molecular weight excluding hydrogens is 430 g/mol. The van der Waals surface area contributed by atoms with E-state index in [0.29, 0.717) is 40.5 Å². The summed E-state index contributed by atoms with van der Waals surface area (Å²) in [6.45, 7) is 9.78. The molecule has 0 unspecified atom stereocenters. The van der Waals surface area contributed by atoms with E-state index in [1.807, 2.05) is 37.3 Å². The molecule has 2 aromatic carbocycles. The zero-order chi connectivity index (χ0) is 22.4. The van der Waals surface area contributed by atoms with Crippen LogP contribution >= 0.6 is 24.0 Å². The van der Waals surface area contributed by atoms with E-state index in [4.69, 9.17) is 26.4 Å². The Kier molecular flexibility index (Phi) is 7.62. The van der Waals surface area contributed by atoms with Crippen molar-refractivity contribution < 1.29 is 19.0 Å². The minimum Gasteiger partial charge on any atom is -0.490 e. The molecule has 0 bridgehead atoms. The summed E-state index contributed by atoms with van der Waals surface area (Å²) in [5.74, 6) is 1.89. The van der Waals surface area contributed by atoms with Crippen molar-refractivity contribution in [1.29, 1.82) is 0 Å². The molecule has 7 heteroatoms. The molecule has 5 nitrogen and oxygen atoms in total. The van der Waals surface area contributed by atoms with E-state index in [9.17, 15) is 4.79 Å². The van der Waals surface area contributed by atoms with Crippen LogP contribution in [-0.4, -0.2) is 30.0 Å². The summed E-state index contributed by atoms with van der Waals surface area (Å²) in [4.78, 5) is 12.4. The van der Waals surface area contributed by atoms with Crippen LogP contribution < -0.4 is 19.5 Å². The molecule has 0 saturated carbocycles. The van der Waals surface area contributed by atoms with Crippen LogP contribution in [0.5, 0.6) is 17.2 Å². The second-order valence-electron chi connectivity index (χ2n) is 7.96. The standard InChI is InChI=1S/C24H27NO4S2/c1-5-27-20-14-16(15-21-22(26)25-23(30)31-21)6-11-19(20)29-13-12-28-18-9-7-17(8-10-18)24(2,3)4/h6-11,14-15H,5,12-13H2,1-4H3,(H,25,26,30)/b21-15-. The van der Waals surface area contributed by atoms with Crippen LogP contribution in [0.2, 0.25) is 0 Å². The first-order valence-electron chi connectivity index (χ1n) is 10.1. The third-order valence-electron chi connectivity index (χ3n) is 4.54. The van der Waals surface area contributed by atoms with Crippen LogP contribution in [0, 0.1) is 0 Å². The number of benzene rings is 2. The normalized spacial score (nSPS) is 15.2. The summed E-state index contributed by atoms with van der Waals surface area (Å²) in [5.41, 5.74) is 2.22. The number of hydrogen-bond donors (Lipinski definition) is 1. The summed E-state index contributed by atoms with van der Waals surface area (Å²) in [6, 6.07) is 13.7. The zero-order valence-corrected chi connectivity index (χ0v) is 19.8. The van der Waals surface area contributed by atoms with E-state index in [1.165, 1.54) is 17.3 Å². The molecule has 164 valence electrons. The van der Waals surface area contributed by atoms with Gasteiger partial charge in [0.25, 0.3) is 5.91 Å². The van der Waals surface area contributed by atoms with E-state index >= 15 is 0 Å². The smallest absolute Gasteiger partial charge is 0.263 e. The van der Waals surface area contributed by atoms with Gasteiger partial charge >= 0.3 is 0 Å². The first-order chi connectivity index (χ1) is 14.8. The van der Waals surface area contributed by atoms with Gasteiger partial charge in [0, 0.05) is 0 Å². The lowest BCUT2D eigenvalue weighted by atomic mass is 9.87. The Balaban J connectivity index is 1.59. The quantitative estimate of drug-likeness (QED) is 0.329. The molecule has 0 aliphatic carbocycles. The zero-order valence-electron chi connectivity index (χ0n) is 18.2. The molecule has 0 radical (unpaired) electrons. The molecule has 31 heavy (non-hydrogen) atoms. The molecule has 0 spiro atoms. The Morgan fingerprint density at radius 1 is 1.00 bits per heavy atom. The lowest BCUT2D eigenvalue weighted by Gasteiger charge is -2.19. The highest BCUT2D eigenvalue weighted by Gasteiger charge is 2.22. The molecule has 1 amide bonds. The highest BCUT2D eigenvalue weighted by molar-refractivity contribution is 8.26. The molecule has 2 aromatic rings. The summed E-state index contributed by atoms with van der Waals surface area (Å²) >= 11 is 6.28. The van der Waals surface area contributed by atoms with Crippen molar-refractivity contribution in [2.75, 3.05) is 19.8 Å². The van der Waals surface area contributed by atoms with Gasteiger partial charge in [-0.2, -0.15) is 0 Å². The second-order valence-corrected chi connectivity index (χ2v) is 9.68. The van der Waals surface area contributed by atoms with Crippen molar-refractivity contribution in [2.45, 2.75) is 33.1 Å². The van der Waals surface area contributed by atoms with Crippen molar-refractivity contribution in [3.8, 4) is 17.2 Å². The van der Waals surface area contributed by atoms with Crippen LogP contribution in [0.4, 0.5) is 0 Å². The molecule has 1 heterocycles. The second kappa shape index (κ2) is 10.2. The fourth-order valence-corrected chi connectivity index (χ4v) is 3.98. The first kappa shape index (κ1) is 23.2. The monoisotopic (exact) mass is 457 g/mol. The van der Waals surface area contributed by atoms with Gasteiger partial charge in [0.05, 0.1) is 11.5 Å². The van der Waals surface area contributed by atoms with Crippen molar-refractivity contribution in [3.63, 3.8) is 0 Å². The van der Waals surface area contributed by atoms with E-state index in [1.54, 1.807) is 6.08 Å². The van der Waals surface area contributed by atoms with Crippen molar-refractivity contribution in [3.05, 3.63) is 58.5 Å². The minimum absolute atomic E-state index is 0.117. The highest BCUT2D eigenvalue weighted by atomic mass is 32.2. The molecule has 3 rings (SSSR count). The van der Waals surface area contributed by atoms with Crippen LogP contribution in [-0.2, 0) is 10.2 Å². The van der Waals surface area contributed by atoms with Gasteiger partial charge in [-0.15, -0.1) is 0 Å². The number of nitrogens with one attached hydrogen (secondary N) is 1. The average molecular weight is 458 g/mol. The van der Waals surface area contributed by atoms with Gasteiger partial charge in [-0.25, -0.2) is 0 Å². The number of amides is 1. The van der Waals surface area contributed by atoms with Gasteiger partial charge in [-0.05, 0) is 53.8 Å². The lowest BCUT2D eigenvalue weighted by Crippen LogP contribution is -2.17. The molecular formula is C24H27NO4S2. The Labute approximate surface area is 193 Å². The number of rotatable bonds is 8. The average Bonchev–Trinajstić information content (AvgIpc) is 3.03. The summed E-state index contributed by atoms with van der Waals surface area (Å²) in [6.07, 6.45) is 1.79. The lowest BCUT2D eigenvalue weighted by molar-refractivity contribution is -0.115. The molecule has 1 N–H and O–H groups in total. The van der Waals surface area contributed by atoms with E-state index in [2.05, 4.69) is 38.2 Å². The number of hydrogen-bond acceptors (Lipinski definition) is 6. The van der Waals surface area contributed by atoms with Crippen LogP contribution in [0.25, 0.3) is 6.08 Å². The maximum atomic E-state index is 11.9. The molecule has 1 aliphatic rings. The number of ether oxygens (including phenoxy) is 3. The molecule has 1 fully saturated rings. The van der Waals surface area contributed by atoms with E-state index in [-0.39, 0.29) is 11.3 Å².